The fourth-order valence-electron chi connectivity index (χ4n) is 3.19. The molecule has 2 aromatic rings. The minimum absolute atomic E-state index is 0.132. The highest BCUT2D eigenvalue weighted by molar-refractivity contribution is 6.04. The molecule has 0 saturated carbocycles. The summed E-state index contributed by atoms with van der Waals surface area (Å²) < 4.78 is 7.55. The van der Waals surface area contributed by atoms with E-state index in [1.165, 1.54) is 0 Å². The van der Waals surface area contributed by atoms with Gasteiger partial charge in [0.15, 0.2) is 11.3 Å². The van der Waals surface area contributed by atoms with Gasteiger partial charge in [0.05, 0.1) is 11.5 Å². The molecule has 3 rings (SSSR count). The Morgan fingerprint density at radius 2 is 2.08 bits per heavy atom. The summed E-state index contributed by atoms with van der Waals surface area (Å²) in [5, 5.41) is 11.5. The predicted octanol–water partition coefficient (Wildman–Crippen LogP) is 2.02. The quantitative estimate of drug-likeness (QED) is 0.837. The number of rotatable bonds is 6. The van der Waals surface area contributed by atoms with Gasteiger partial charge in [-0.15, -0.1) is 0 Å². The summed E-state index contributed by atoms with van der Waals surface area (Å²) in [6, 6.07) is 3.91. The second-order valence-corrected chi connectivity index (χ2v) is 6.55. The zero-order valence-electron chi connectivity index (χ0n) is 15.2. The zero-order chi connectivity index (χ0) is 17.8. The number of aromatic nitrogens is 3. The molecule has 1 amide bonds. The summed E-state index contributed by atoms with van der Waals surface area (Å²) in [6.45, 7) is 6.07. The topological polar surface area (TPSA) is 81.1 Å². The van der Waals surface area contributed by atoms with E-state index >= 15 is 0 Å². The molecule has 7 heteroatoms. The first-order valence-corrected chi connectivity index (χ1v) is 9.14. The molecule has 136 valence electrons. The monoisotopic (exact) mass is 345 g/mol. The maximum absolute atomic E-state index is 12.6. The molecule has 0 aromatic carbocycles. The molecule has 3 heterocycles. The van der Waals surface area contributed by atoms with Crippen LogP contribution >= 0.6 is 0 Å². The third-order valence-corrected chi connectivity index (χ3v) is 4.75. The second-order valence-electron chi connectivity index (χ2n) is 6.55. The van der Waals surface area contributed by atoms with Gasteiger partial charge in [-0.2, -0.15) is 10.1 Å². The first-order chi connectivity index (χ1) is 12.1. The van der Waals surface area contributed by atoms with Crippen LogP contribution in [0.3, 0.4) is 0 Å². The third kappa shape index (κ3) is 3.92. The van der Waals surface area contributed by atoms with Crippen LogP contribution in [0.4, 0.5) is 0 Å². The number of hydrogen-bond donors (Lipinski definition) is 2. The number of piperidine rings is 1. The zero-order valence-corrected chi connectivity index (χ0v) is 15.2. The fraction of sp³-hybridized carbons (Fsp3) is 0.611. The number of ether oxygens (including phenoxy) is 1. The van der Waals surface area contributed by atoms with Crippen molar-refractivity contribution in [1.82, 2.24) is 25.4 Å². The van der Waals surface area contributed by atoms with Crippen LogP contribution < -0.4 is 15.4 Å². The largest absolute Gasteiger partial charge is 0.474 e. The van der Waals surface area contributed by atoms with Gasteiger partial charge in [-0.1, -0.05) is 13.8 Å². The van der Waals surface area contributed by atoms with Crippen LogP contribution in [0.5, 0.6) is 5.88 Å². The maximum atomic E-state index is 12.6. The summed E-state index contributed by atoms with van der Waals surface area (Å²) in [5.74, 6) is 0.447. The van der Waals surface area contributed by atoms with Gasteiger partial charge in [-0.25, -0.2) is 4.68 Å². The van der Waals surface area contributed by atoms with Crippen molar-refractivity contribution in [1.29, 1.82) is 0 Å². The van der Waals surface area contributed by atoms with Gasteiger partial charge in [-0.05, 0) is 44.8 Å². The molecule has 0 bridgehead atoms. The van der Waals surface area contributed by atoms with E-state index in [1.807, 2.05) is 12.1 Å². The van der Waals surface area contributed by atoms with E-state index in [0.717, 1.165) is 44.2 Å². The highest BCUT2D eigenvalue weighted by Crippen LogP contribution is 2.21. The van der Waals surface area contributed by atoms with Crippen molar-refractivity contribution in [3.05, 3.63) is 17.8 Å². The predicted molar refractivity (Wildman–Crippen MR) is 96.9 cm³/mol. The minimum Gasteiger partial charge on any atom is -0.474 e. The summed E-state index contributed by atoms with van der Waals surface area (Å²) in [5.41, 5.74) is 1.09. The molecule has 7 nitrogen and oxygen atoms in total. The molecular weight excluding hydrogens is 318 g/mol. The van der Waals surface area contributed by atoms with Crippen molar-refractivity contribution in [2.24, 2.45) is 7.05 Å². The molecule has 1 aliphatic rings. The van der Waals surface area contributed by atoms with Crippen LogP contribution in [0.15, 0.2) is 12.1 Å². The average molecular weight is 345 g/mol. The molecule has 2 N–H and O–H groups in total. The molecule has 0 spiro atoms. The van der Waals surface area contributed by atoms with Crippen LogP contribution in [0, 0.1) is 0 Å². The Morgan fingerprint density at radius 3 is 2.76 bits per heavy atom. The lowest BCUT2D eigenvalue weighted by Gasteiger charge is -2.23. The van der Waals surface area contributed by atoms with Crippen molar-refractivity contribution in [2.75, 3.05) is 13.1 Å². The van der Waals surface area contributed by atoms with Crippen LogP contribution in [-0.4, -0.2) is 45.9 Å². The number of nitrogens with zero attached hydrogens (tertiary/aromatic N) is 3. The lowest BCUT2D eigenvalue weighted by Crippen LogP contribution is -2.42. The smallest absolute Gasteiger partial charge is 0.272 e. The summed E-state index contributed by atoms with van der Waals surface area (Å²) in [6.07, 6.45) is 3.92. The molecular formula is C18H27N5O2. The number of hydrogen-bond acceptors (Lipinski definition) is 5. The molecule has 1 aliphatic heterocycles. The highest BCUT2D eigenvalue weighted by atomic mass is 16.5. The average Bonchev–Trinajstić information content (AvgIpc) is 2.97. The Kier molecular flexibility index (Phi) is 5.53. The summed E-state index contributed by atoms with van der Waals surface area (Å²) in [7, 11) is 1.80. The lowest BCUT2D eigenvalue weighted by atomic mass is 10.1. The summed E-state index contributed by atoms with van der Waals surface area (Å²) in [4.78, 5) is 17.2. The maximum Gasteiger partial charge on any atom is 0.272 e. The number of pyridine rings is 1. The van der Waals surface area contributed by atoms with Gasteiger partial charge < -0.3 is 15.4 Å². The van der Waals surface area contributed by atoms with Gasteiger partial charge in [0.2, 0.25) is 5.88 Å². The van der Waals surface area contributed by atoms with Crippen molar-refractivity contribution in [2.45, 2.75) is 51.7 Å². The van der Waals surface area contributed by atoms with Gasteiger partial charge >= 0.3 is 0 Å². The van der Waals surface area contributed by atoms with Gasteiger partial charge in [-0.3, -0.25) is 4.79 Å². The number of carbonyl (C=O) groups is 1. The fourth-order valence-corrected chi connectivity index (χ4v) is 3.19. The Labute approximate surface area is 148 Å². The number of aryl methyl sites for hydroxylation is 1. The second kappa shape index (κ2) is 7.82. The molecule has 0 atom stereocenters. The normalized spacial score (nSPS) is 15.7. The Bertz CT molecular complexity index is 732. The van der Waals surface area contributed by atoms with Crippen molar-refractivity contribution in [3.8, 4) is 5.88 Å². The van der Waals surface area contributed by atoms with Crippen LogP contribution in [-0.2, 0) is 7.05 Å². The van der Waals surface area contributed by atoms with Crippen LogP contribution in [0.1, 0.15) is 50.0 Å². The van der Waals surface area contributed by atoms with Crippen LogP contribution in [0.2, 0.25) is 0 Å². The van der Waals surface area contributed by atoms with E-state index in [1.54, 1.807) is 11.7 Å². The van der Waals surface area contributed by atoms with Crippen molar-refractivity contribution >= 4 is 16.9 Å². The summed E-state index contributed by atoms with van der Waals surface area (Å²) >= 11 is 0. The van der Waals surface area contributed by atoms with E-state index in [-0.39, 0.29) is 18.1 Å². The van der Waals surface area contributed by atoms with Gasteiger partial charge in [0, 0.05) is 19.2 Å². The van der Waals surface area contributed by atoms with Gasteiger partial charge in [0.25, 0.3) is 5.91 Å². The van der Waals surface area contributed by atoms with Crippen LogP contribution in [0.25, 0.3) is 11.0 Å². The number of fused-ring (bicyclic) bond motifs is 1. The molecule has 0 aliphatic carbocycles. The first kappa shape index (κ1) is 17.7. The Balaban J connectivity index is 1.81. The van der Waals surface area contributed by atoms with E-state index in [2.05, 4.69) is 34.6 Å². The van der Waals surface area contributed by atoms with E-state index < -0.39 is 0 Å². The van der Waals surface area contributed by atoms with Gasteiger partial charge in [0.1, 0.15) is 0 Å². The van der Waals surface area contributed by atoms with Crippen molar-refractivity contribution in [3.63, 3.8) is 0 Å². The van der Waals surface area contributed by atoms with Crippen molar-refractivity contribution < 1.29 is 9.53 Å². The third-order valence-electron chi connectivity index (χ3n) is 4.75. The highest BCUT2D eigenvalue weighted by Gasteiger charge is 2.22. The first-order valence-electron chi connectivity index (χ1n) is 9.14. The minimum atomic E-state index is -0.132. The molecule has 1 fully saturated rings. The molecule has 0 radical (unpaired) electrons. The molecule has 1 saturated heterocycles. The Morgan fingerprint density at radius 1 is 1.36 bits per heavy atom. The molecule has 25 heavy (non-hydrogen) atoms. The van der Waals surface area contributed by atoms with E-state index in [4.69, 9.17) is 4.74 Å². The molecule has 0 unspecified atom stereocenters. The van der Waals surface area contributed by atoms with E-state index in [0.29, 0.717) is 17.2 Å². The SMILES string of the molecule is CCC(CC)Oc1ccc2c(C(=O)NC3CCNCC3)nn(C)c2n1. The number of amides is 1. The lowest BCUT2D eigenvalue weighted by molar-refractivity contribution is 0.0925. The Hall–Kier alpha value is -2.15. The number of nitrogens with one attached hydrogen (secondary N) is 2. The molecule has 2 aromatic heterocycles. The number of carbonyl (C=O) groups excluding carboxylic acids is 1. The standard InChI is InChI=1S/C18H27N5O2/c1-4-13(5-2)25-15-7-6-14-16(22-23(3)17(14)21-15)18(24)20-12-8-10-19-11-9-12/h6-7,12-13,19H,4-5,8-11H2,1-3H3,(H,20,24). The van der Waals surface area contributed by atoms with E-state index in [9.17, 15) is 4.79 Å².